The molecule has 0 bridgehead atoms. The third-order valence-corrected chi connectivity index (χ3v) is 6.13. The van der Waals surface area contributed by atoms with E-state index in [-0.39, 0.29) is 0 Å². The minimum absolute atomic E-state index is 1.18. The lowest BCUT2D eigenvalue weighted by Gasteiger charge is -2.03. The molecule has 0 unspecified atom stereocenters. The van der Waals surface area contributed by atoms with Crippen molar-refractivity contribution in [3.05, 3.63) is 132 Å². The maximum Gasteiger partial charge on any atom is -0.0152 e. The van der Waals surface area contributed by atoms with Crippen molar-refractivity contribution in [1.82, 2.24) is 0 Å². The van der Waals surface area contributed by atoms with Gasteiger partial charge in [0.15, 0.2) is 0 Å². The van der Waals surface area contributed by atoms with Gasteiger partial charge in [0.25, 0.3) is 0 Å². The Morgan fingerprint density at radius 2 is 0.971 bits per heavy atom. The van der Waals surface area contributed by atoms with Crippen LogP contribution in [-0.4, -0.2) is 0 Å². The fourth-order valence-electron chi connectivity index (χ4n) is 4.40. The molecule has 0 aliphatic heterocycles. The van der Waals surface area contributed by atoms with Crippen molar-refractivity contribution < 1.29 is 0 Å². The van der Waals surface area contributed by atoms with Crippen LogP contribution in [0.4, 0.5) is 0 Å². The van der Waals surface area contributed by atoms with Crippen LogP contribution in [0.15, 0.2) is 115 Å². The van der Waals surface area contributed by atoms with E-state index < -0.39 is 0 Å². The molecule has 0 atom stereocenters. The van der Waals surface area contributed by atoms with Gasteiger partial charge in [-0.1, -0.05) is 155 Å². The van der Waals surface area contributed by atoms with Crippen molar-refractivity contribution in [3.63, 3.8) is 0 Å². The first-order valence-electron chi connectivity index (χ1n) is 13.2. The van der Waals surface area contributed by atoms with Crippen LogP contribution in [0.3, 0.4) is 0 Å². The van der Waals surface area contributed by atoms with E-state index in [0.717, 1.165) is 0 Å². The first-order valence-corrected chi connectivity index (χ1v) is 13.2. The van der Waals surface area contributed by atoms with Crippen LogP contribution < -0.4 is 0 Å². The standard InChI is InChI=1S/2C13H14.C9H12/c1-2-6-11-8-5-9-12-7-3-4-10-13(11)12;1-2-5-11-8-9-12-6-3-4-7-13(12)10-11;1-2-6-9-7-4-3-5-8-9/h3-5,7-10H,2,6H2,1H3;3-4,6-10H,2,5H2,1H3;3-5,7-8H,2,6H2,1H3. The molecule has 0 radical (unpaired) electrons. The Morgan fingerprint density at radius 1 is 0.400 bits per heavy atom. The molecule has 0 heteroatoms. The largest absolute Gasteiger partial charge is 0.0651 e. The van der Waals surface area contributed by atoms with Crippen molar-refractivity contribution in [3.8, 4) is 0 Å². The highest BCUT2D eigenvalue weighted by Crippen LogP contribution is 2.19. The predicted octanol–water partition coefficient (Wildman–Crippen LogP) is 10.2. The molecular weight excluding hydrogens is 420 g/mol. The van der Waals surface area contributed by atoms with Crippen LogP contribution in [0.2, 0.25) is 0 Å². The molecule has 0 aliphatic carbocycles. The zero-order valence-electron chi connectivity index (χ0n) is 21.7. The summed E-state index contributed by atoms with van der Waals surface area (Å²) in [6.45, 7) is 6.64. The molecular formula is C35H40. The van der Waals surface area contributed by atoms with Gasteiger partial charge in [0.1, 0.15) is 0 Å². The maximum atomic E-state index is 2.29. The molecule has 180 valence electrons. The van der Waals surface area contributed by atoms with E-state index >= 15 is 0 Å². The zero-order valence-corrected chi connectivity index (χ0v) is 21.7. The lowest BCUT2D eigenvalue weighted by molar-refractivity contribution is 0.922. The summed E-state index contributed by atoms with van der Waals surface area (Å²) in [6, 6.07) is 41.0. The van der Waals surface area contributed by atoms with Crippen LogP contribution in [0.1, 0.15) is 56.7 Å². The minimum Gasteiger partial charge on any atom is -0.0651 e. The second-order valence-electron chi connectivity index (χ2n) is 9.06. The van der Waals surface area contributed by atoms with E-state index in [1.807, 2.05) is 0 Å². The second kappa shape index (κ2) is 14.8. The molecule has 5 aromatic rings. The third kappa shape index (κ3) is 8.41. The average Bonchev–Trinajstić information content (AvgIpc) is 2.91. The maximum absolute atomic E-state index is 2.29. The quantitative estimate of drug-likeness (QED) is 0.236. The summed E-state index contributed by atoms with van der Waals surface area (Å²) >= 11 is 0. The minimum atomic E-state index is 1.18. The number of hydrogen-bond acceptors (Lipinski definition) is 0. The topological polar surface area (TPSA) is 0 Å². The van der Waals surface area contributed by atoms with Crippen molar-refractivity contribution >= 4 is 21.5 Å². The summed E-state index contributed by atoms with van der Waals surface area (Å²) in [5.74, 6) is 0. The monoisotopic (exact) mass is 460 g/mol. The summed E-state index contributed by atoms with van der Waals surface area (Å²) < 4.78 is 0. The van der Waals surface area contributed by atoms with Gasteiger partial charge < -0.3 is 0 Å². The Labute approximate surface area is 212 Å². The highest BCUT2D eigenvalue weighted by Gasteiger charge is 1.97. The highest BCUT2D eigenvalue weighted by atomic mass is 14.0. The fourth-order valence-corrected chi connectivity index (χ4v) is 4.40. The molecule has 0 saturated carbocycles. The molecule has 0 nitrogen and oxygen atoms in total. The number of aryl methyl sites for hydroxylation is 3. The average molecular weight is 461 g/mol. The van der Waals surface area contributed by atoms with Gasteiger partial charge in [-0.15, -0.1) is 0 Å². The molecule has 0 spiro atoms. The van der Waals surface area contributed by atoms with Crippen LogP contribution in [-0.2, 0) is 19.3 Å². The van der Waals surface area contributed by atoms with Crippen LogP contribution in [0.5, 0.6) is 0 Å². The van der Waals surface area contributed by atoms with Gasteiger partial charge in [-0.3, -0.25) is 0 Å². The lowest BCUT2D eigenvalue weighted by atomic mass is 10.0. The molecule has 5 aromatic carbocycles. The molecule has 0 heterocycles. The van der Waals surface area contributed by atoms with Crippen molar-refractivity contribution in [2.45, 2.75) is 59.3 Å². The lowest BCUT2D eigenvalue weighted by Crippen LogP contribution is -1.84. The predicted molar refractivity (Wildman–Crippen MR) is 156 cm³/mol. The van der Waals surface area contributed by atoms with E-state index in [9.17, 15) is 0 Å². The van der Waals surface area contributed by atoms with Crippen molar-refractivity contribution in [1.29, 1.82) is 0 Å². The first kappa shape index (κ1) is 26.2. The summed E-state index contributed by atoms with van der Waals surface area (Å²) in [7, 11) is 0. The Balaban J connectivity index is 0.000000150. The van der Waals surface area contributed by atoms with E-state index in [1.165, 1.54) is 76.8 Å². The zero-order chi connectivity index (χ0) is 24.7. The van der Waals surface area contributed by atoms with Gasteiger partial charge in [-0.05, 0) is 57.5 Å². The van der Waals surface area contributed by atoms with Crippen LogP contribution in [0.25, 0.3) is 21.5 Å². The molecule has 0 aliphatic rings. The Bertz CT molecular complexity index is 1260. The molecule has 0 saturated heterocycles. The summed E-state index contributed by atoms with van der Waals surface area (Å²) in [6.07, 6.45) is 7.25. The fraction of sp³-hybridized carbons (Fsp3) is 0.257. The van der Waals surface area contributed by atoms with E-state index in [2.05, 4.69) is 136 Å². The number of rotatable bonds is 6. The van der Waals surface area contributed by atoms with E-state index in [1.54, 1.807) is 0 Å². The van der Waals surface area contributed by atoms with Crippen LogP contribution in [0, 0.1) is 0 Å². The Kier molecular flexibility index (Phi) is 11.1. The number of benzene rings is 5. The first-order chi connectivity index (χ1) is 17.2. The van der Waals surface area contributed by atoms with E-state index in [0.29, 0.717) is 0 Å². The van der Waals surface area contributed by atoms with Gasteiger partial charge in [-0.2, -0.15) is 0 Å². The van der Waals surface area contributed by atoms with Crippen LogP contribution >= 0.6 is 0 Å². The van der Waals surface area contributed by atoms with E-state index in [4.69, 9.17) is 0 Å². The molecule has 0 amide bonds. The molecule has 0 fully saturated rings. The molecule has 0 aromatic heterocycles. The molecule has 35 heavy (non-hydrogen) atoms. The third-order valence-electron chi connectivity index (χ3n) is 6.13. The second-order valence-corrected chi connectivity index (χ2v) is 9.06. The smallest absolute Gasteiger partial charge is 0.0152 e. The normalized spacial score (nSPS) is 10.3. The molecule has 5 rings (SSSR count). The van der Waals surface area contributed by atoms with Crippen molar-refractivity contribution in [2.75, 3.05) is 0 Å². The summed E-state index contributed by atoms with van der Waals surface area (Å²) in [5, 5.41) is 5.45. The number of hydrogen-bond donors (Lipinski definition) is 0. The Hall–Kier alpha value is -3.38. The summed E-state index contributed by atoms with van der Waals surface area (Å²) in [4.78, 5) is 0. The Morgan fingerprint density at radius 3 is 1.69 bits per heavy atom. The van der Waals surface area contributed by atoms with Gasteiger partial charge in [0.2, 0.25) is 0 Å². The van der Waals surface area contributed by atoms with Crippen molar-refractivity contribution in [2.24, 2.45) is 0 Å². The highest BCUT2D eigenvalue weighted by molar-refractivity contribution is 5.85. The van der Waals surface area contributed by atoms with Gasteiger partial charge >= 0.3 is 0 Å². The SMILES string of the molecule is CCCc1ccc2ccccc2c1.CCCc1cccc2ccccc12.CCCc1ccccc1. The summed E-state index contributed by atoms with van der Waals surface area (Å²) in [5.41, 5.74) is 4.36. The number of fused-ring (bicyclic) bond motifs is 2. The van der Waals surface area contributed by atoms with Gasteiger partial charge in [0, 0.05) is 0 Å². The molecule has 0 N–H and O–H groups in total. The van der Waals surface area contributed by atoms with Gasteiger partial charge in [0.05, 0.1) is 0 Å². The van der Waals surface area contributed by atoms with Gasteiger partial charge in [-0.25, -0.2) is 0 Å².